The lowest BCUT2D eigenvalue weighted by atomic mass is 9.96. The smallest absolute Gasteiger partial charge is 0.326 e. The van der Waals surface area contributed by atoms with E-state index in [0.717, 1.165) is 32.1 Å². The van der Waals surface area contributed by atoms with Crippen molar-refractivity contribution in [1.82, 2.24) is 16.0 Å². The van der Waals surface area contributed by atoms with E-state index >= 15 is 0 Å². The van der Waals surface area contributed by atoms with E-state index in [1.165, 1.54) is 0 Å². The first-order valence-corrected chi connectivity index (χ1v) is 7.67. The number of hydrogen-bond donors (Lipinski definition) is 5. The van der Waals surface area contributed by atoms with Gasteiger partial charge in [0.15, 0.2) is 0 Å². The van der Waals surface area contributed by atoms with Crippen LogP contribution in [0.3, 0.4) is 0 Å². The zero-order chi connectivity index (χ0) is 17.2. The van der Waals surface area contributed by atoms with Gasteiger partial charge in [0.1, 0.15) is 6.04 Å². The number of hydrogen-bond acceptors (Lipinski definition) is 4. The first-order chi connectivity index (χ1) is 10.9. The summed E-state index contributed by atoms with van der Waals surface area (Å²) in [6.07, 6.45) is 4.53. The molecule has 0 bridgehead atoms. The fraction of sp³-hybridized carbons (Fsp3) is 0.714. The Morgan fingerprint density at radius 3 is 2.26 bits per heavy atom. The predicted octanol–water partition coefficient (Wildman–Crippen LogP) is 0.0525. The summed E-state index contributed by atoms with van der Waals surface area (Å²) < 4.78 is 0. The fourth-order valence-corrected chi connectivity index (χ4v) is 2.41. The van der Waals surface area contributed by atoms with Crippen molar-refractivity contribution in [2.24, 2.45) is 0 Å². The second-order valence-corrected chi connectivity index (χ2v) is 5.55. The quantitative estimate of drug-likeness (QED) is 0.425. The van der Waals surface area contributed by atoms with Crippen molar-refractivity contribution in [1.29, 1.82) is 0 Å². The number of carboxylic acids is 2. The molecule has 0 unspecified atom stereocenters. The molecule has 1 aliphatic rings. The van der Waals surface area contributed by atoms with Crippen molar-refractivity contribution in [2.75, 3.05) is 6.54 Å². The normalized spacial score (nSPS) is 16.2. The number of carboxylic acid groups (broad SMARTS) is 2. The van der Waals surface area contributed by atoms with Gasteiger partial charge in [-0.2, -0.15) is 0 Å². The molecule has 1 fully saturated rings. The second kappa shape index (κ2) is 9.65. The summed E-state index contributed by atoms with van der Waals surface area (Å²) in [6, 6.07) is -1.65. The average Bonchev–Trinajstić information content (AvgIpc) is 2.50. The maximum Gasteiger partial charge on any atom is 0.326 e. The molecule has 1 rings (SSSR count). The number of rotatable bonds is 8. The summed E-state index contributed by atoms with van der Waals surface area (Å²) in [5.74, 6) is -3.14. The molecule has 9 nitrogen and oxygen atoms in total. The molecule has 5 N–H and O–H groups in total. The summed E-state index contributed by atoms with van der Waals surface area (Å²) >= 11 is 0. The van der Waals surface area contributed by atoms with E-state index in [9.17, 15) is 19.2 Å². The van der Waals surface area contributed by atoms with E-state index in [2.05, 4.69) is 16.0 Å². The van der Waals surface area contributed by atoms with Crippen molar-refractivity contribution in [3.63, 3.8) is 0 Å². The van der Waals surface area contributed by atoms with Gasteiger partial charge in [-0.15, -0.1) is 0 Å². The maximum atomic E-state index is 11.7. The highest BCUT2D eigenvalue weighted by atomic mass is 16.4. The number of nitrogens with one attached hydrogen (secondary N) is 3. The molecule has 23 heavy (non-hydrogen) atoms. The van der Waals surface area contributed by atoms with Crippen LogP contribution in [0.1, 0.15) is 44.9 Å². The van der Waals surface area contributed by atoms with Crippen LogP contribution in [0, 0.1) is 0 Å². The zero-order valence-electron chi connectivity index (χ0n) is 12.8. The number of carbonyl (C=O) groups excluding carboxylic acids is 2. The van der Waals surface area contributed by atoms with Crippen LogP contribution in [0.4, 0.5) is 4.79 Å². The highest BCUT2D eigenvalue weighted by Crippen LogP contribution is 2.17. The van der Waals surface area contributed by atoms with Crippen LogP contribution in [0.2, 0.25) is 0 Å². The Labute approximate surface area is 133 Å². The van der Waals surface area contributed by atoms with Crippen LogP contribution in [0.15, 0.2) is 0 Å². The molecule has 130 valence electrons. The number of urea groups is 1. The number of carbonyl (C=O) groups is 4. The Hall–Kier alpha value is -2.32. The van der Waals surface area contributed by atoms with Gasteiger partial charge in [0.2, 0.25) is 5.91 Å². The summed E-state index contributed by atoms with van der Waals surface area (Å²) in [5, 5.41) is 24.8. The third-order valence-electron chi connectivity index (χ3n) is 3.63. The average molecular weight is 329 g/mol. The lowest BCUT2D eigenvalue weighted by molar-refractivity contribution is -0.142. The van der Waals surface area contributed by atoms with Crippen molar-refractivity contribution in [3.05, 3.63) is 0 Å². The van der Waals surface area contributed by atoms with Gasteiger partial charge in [0.05, 0.1) is 6.54 Å². The first-order valence-electron chi connectivity index (χ1n) is 7.67. The van der Waals surface area contributed by atoms with Crippen LogP contribution in [0.5, 0.6) is 0 Å². The Balaban J connectivity index is 2.29. The number of aliphatic carboxylic acids is 2. The minimum Gasteiger partial charge on any atom is -0.481 e. The molecule has 0 spiro atoms. The van der Waals surface area contributed by atoms with Gasteiger partial charge >= 0.3 is 18.0 Å². The minimum absolute atomic E-state index is 0.106. The molecule has 0 saturated heterocycles. The first kappa shape index (κ1) is 18.7. The number of amides is 3. The molecule has 0 aromatic carbocycles. The van der Waals surface area contributed by atoms with Gasteiger partial charge in [0.25, 0.3) is 0 Å². The third kappa shape index (κ3) is 8.03. The molecular weight excluding hydrogens is 306 g/mol. The Morgan fingerprint density at radius 1 is 1.04 bits per heavy atom. The maximum absolute atomic E-state index is 11.7. The minimum atomic E-state index is -1.31. The zero-order valence-corrected chi connectivity index (χ0v) is 12.8. The summed E-state index contributed by atoms with van der Waals surface area (Å²) in [7, 11) is 0. The van der Waals surface area contributed by atoms with E-state index < -0.39 is 29.9 Å². The molecular formula is C14H23N3O6. The standard InChI is InChI=1S/C14H23N3O6/c18-11(17-10(13(21)22)6-7-12(19)20)8-15-14(23)16-9-4-2-1-3-5-9/h9-10H,1-8H2,(H,17,18)(H,19,20)(H,21,22)(H2,15,16,23)/t10-/m0/s1. The molecule has 0 aromatic heterocycles. The molecule has 0 aromatic rings. The molecule has 1 saturated carbocycles. The van der Waals surface area contributed by atoms with Crippen molar-refractivity contribution >= 4 is 23.9 Å². The van der Waals surface area contributed by atoms with Crippen LogP contribution < -0.4 is 16.0 Å². The van der Waals surface area contributed by atoms with E-state index in [1.807, 2.05) is 0 Å². The Kier molecular flexibility index (Phi) is 7.86. The van der Waals surface area contributed by atoms with Gasteiger partial charge in [0, 0.05) is 12.5 Å². The van der Waals surface area contributed by atoms with E-state index in [-0.39, 0.29) is 25.4 Å². The Bertz CT molecular complexity index is 448. The highest BCUT2D eigenvalue weighted by Gasteiger charge is 2.21. The summed E-state index contributed by atoms with van der Waals surface area (Å²) in [6.45, 7) is -0.366. The SMILES string of the molecule is O=C(O)CC[C@H](NC(=O)CNC(=O)NC1CCCCC1)C(=O)O. The van der Waals surface area contributed by atoms with Crippen LogP contribution in [-0.2, 0) is 14.4 Å². The molecule has 3 amide bonds. The molecule has 0 aliphatic heterocycles. The van der Waals surface area contributed by atoms with Gasteiger partial charge < -0.3 is 26.2 Å². The van der Waals surface area contributed by atoms with Gasteiger partial charge in [-0.25, -0.2) is 9.59 Å². The fourth-order valence-electron chi connectivity index (χ4n) is 2.41. The van der Waals surface area contributed by atoms with Crippen molar-refractivity contribution in [2.45, 2.75) is 57.0 Å². The highest BCUT2D eigenvalue weighted by molar-refractivity contribution is 5.87. The molecule has 9 heteroatoms. The summed E-state index contributed by atoms with van der Waals surface area (Å²) in [5.41, 5.74) is 0. The lowest BCUT2D eigenvalue weighted by Crippen LogP contribution is -2.49. The van der Waals surface area contributed by atoms with Crippen LogP contribution >= 0.6 is 0 Å². The van der Waals surface area contributed by atoms with E-state index in [1.54, 1.807) is 0 Å². The van der Waals surface area contributed by atoms with Crippen LogP contribution in [-0.4, -0.2) is 52.7 Å². The van der Waals surface area contributed by atoms with Gasteiger partial charge in [-0.3, -0.25) is 9.59 Å². The van der Waals surface area contributed by atoms with Crippen molar-refractivity contribution < 1.29 is 29.4 Å². The Morgan fingerprint density at radius 2 is 1.70 bits per heavy atom. The van der Waals surface area contributed by atoms with Gasteiger partial charge in [-0.1, -0.05) is 19.3 Å². The second-order valence-electron chi connectivity index (χ2n) is 5.55. The van der Waals surface area contributed by atoms with Gasteiger partial charge in [-0.05, 0) is 19.3 Å². The molecule has 0 radical (unpaired) electrons. The topological polar surface area (TPSA) is 145 Å². The largest absolute Gasteiger partial charge is 0.481 e. The predicted molar refractivity (Wildman–Crippen MR) is 79.8 cm³/mol. The van der Waals surface area contributed by atoms with Crippen molar-refractivity contribution in [3.8, 4) is 0 Å². The third-order valence-corrected chi connectivity index (χ3v) is 3.63. The van der Waals surface area contributed by atoms with Crippen LogP contribution in [0.25, 0.3) is 0 Å². The summed E-state index contributed by atoms with van der Waals surface area (Å²) in [4.78, 5) is 44.7. The molecule has 1 aliphatic carbocycles. The van der Waals surface area contributed by atoms with E-state index in [4.69, 9.17) is 10.2 Å². The molecule has 0 heterocycles. The lowest BCUT2D eigenvalue weighted by Gasteiger charge is -2.22. The van der Waals surface area contributed by atoms with E-state index in [0.29, 0.717) is 0 Å². The monoisotopic (exact) mass is 329 g/mol. The molecule has 1 atom stereocenters.